The van der Waals surface area contributed by atoms with E-state index in [1.807, 2.05) is 0 Å². The zero-order valence-corrected chi connectivity index (χ0v) is 11.8. The average molecular weight is 294 g/mol. The van der Waals surface area contributed by atoms with Crippen molar-refractivity contribution in [1.82, 2.24) is 5.32 Å². The van der Waals surface area contributed by atoms with Gasteiger partial charge in [-0.3, -0.25) is 14.9 Å². The van der Waals surface area contributed by atoms with Gasteiger partial charge in [0.2, 0.25) is 5.91 Å². The molecule has 7 heteroatoms. The molecular formula is C14H18N2O5. The molecule has 1 amide bonds. The molecule has 0 heterocycles. The molecule has 0 aliphatic carbocycles. The first-order valence-corrected chi connectivity index (χ1v) is 6.44. The lowest BCUT2D eigenvalue weighted by Gasteiger charge is -2.10. The van der Waals surface area contributed by atoms with Gasteiger partial charge in [-0.15, -0.1) is 0 Å². The average Bonchev–Trinajstić information content (AvgIpc) is 2.49. The number of unbranched alkanes of at least 4 members (excludes halogenated alkanes) is 1. The van der Waals surface area contributed by atoms with Gasteiger partial charge in [0, 0.05) is 12.6 Å². The number of nitrogens with zero attached hydrogens (tertiary/aromatic N) is 1. The number of rotatable bonds is 9. The molecule has 0 aromatic heterocycles. The van der Waals surface area contributed by atoms with Crippen LogP contribution in [0.1, 0.15) is 12.8 Å². The van der Waals surface area contributed by atoms with Crippen molar-refractivity contribution in [2.24, 2.45) is 0 Å². The molecule has 0 radical (unpaired) electrons. The monoisotopic (exact) mass is 294 g/mol. The predicted molar refractivity (Wildman–Crippen MR) is 77.6 cm³/mol. The molecule has 0 aliphatic rings. The molecule has 1 rings (SSSR count). The zero-order valence-electron chi connectivity index (χ0n) is 11.8. The summed E-state index contributed by atoms with van der Waals surface area (Å²) in [6, 6.07) is 4.19. The molecule has 1 aromatic rings. The summed E-state index contributed by atoms with van der Waals surface area (Å²) in [6.07, 6.45) is 2.64. The van der Waals surface area contributed by atoms with E-state index >= 15 is 0 Å². The van der Waals surface area contributed by atoms with Gasteiger partial charge >= 0.3 is 0 Å². The lowest BCUT2D eigenvalue weighted by Crippen LogP contribution is -2.22. The molecular weight excluding hydrogens is 276 g/mol. The fourth-order valence-corrected chi connectivity index (χ4v) is 1.58. The van der Waals surface area contributed by atoms with Crippen LogP contribution in [0.15, 0.2) is 30.9 Å². The van der Waals surface area contributed by atoms with Gasteiger partial charge in [-0.1, -0.05) is 6.58 Å². The second-order valence-electron chi connectivity index (χ2n) is 4.14. The van der Waals surface area contributed by atoms with E-state index in [0.29, 0.717) is 31.1 Å². The number of carbonyl (C=O) groups is 1. The Bertz CT molecular complexity index is 516. The predicted octanol–water partition coefficient (Wildman–Crippen LogP) is 2.06. The highest BCUT2D eigenvalue weighted by Gasteiger charge is 2.12. The Morgan fingerprint density at radius 1 is 1.43 bits per heavy atom. The minimum atomic E-state index is -0.489. The lowest BCUT2D eigenvalue weighted by molar-refractivity contribution is -0.385. The Morgan fingerprint density at radius 2 is 2.19 bits per heavy atom. The van der Waals surface area contributed by atoms with Crippen molar-refractivity contribution >= 4 is 11.6 Å². The summed E-state index contributed by atoms with van der Waals surface area (Å²) in [6.45, 7) is 4.26. The van der Waals surface area contributed by atoms with Crippen molar-refractivity contribution in [1.29, 1.82) is 0 Å². The fraction of sp³-hybridized carbons (Fsp3) is 0.357. The largest absolute Gasteiger partial charge is 0.493 e. The maximum atomic E-state index is 10.9. The molecule has 0 saturated carbocycles. The van der Waals surface area contributed by atoms with E-state index in [-0.39, 0.29) is 11.6 Å². The minimum Gasteiger partial charge on any atom is -0.493 e. The molecule has 0 atom stereocenters. The van der Waals surface area contributed by atoms with Crippen molar-refractivity contribution in [2.75, 3.05) is 20.3 Å². The topological polar surface area (TPSA) is 90.7 Å². The maximum Gasteiger partial charge on any atom is 0.273 e. The van der Waals surface area contributed by atoms with Crippen molar-refractivity contribution in [2.45, 2.75) is 12.8 Å². The second-order valence-corrected chi connectivity index (χ2v) is 4.14. The summed E-state index contributed by atoms with van der Waals surface area (Å²) in [5.41, 5.74) is -0.0518. The standard InChI is InChI=1S/C14H18N2O5/c1-3-14(17)15-8-4-5-9-21-13-10-11(16(18)19)6-7-12(13)20-2/h3,6-7,10H,1,4-5,8-9H2,2H3,(H,15,17). The lowest BCUT2D eigenvalue weighted by atomic mass is 10.2. The molecule has 0 bridgehead atoms. The third-order valence-corrected chi connectivity index (χ3v) is 2.67. The fourth-order valence-electron chi connectivity index (χ4n) is 1.58. The highest BCUT2D eigenvalue weighted by Crippen LogP contribution is 2.31. The van der Waals surface area contributed by atoms with Crippen LogP contribution < -0.4 is 14.8 Å². The summed E-state index contributed by atoms with van der Waals surface area (Å²) in [4.78, 5) is 21.1. The SMILES string of the molecule is C=CC(=O)NCCCCOc1cc([N+](=O)[O-])ccc1OC. The van der Waals surface area contributed by atoms with Gasteiger partial charge in [-0.2, -0.15) is 0 Å². The van der Waals surface area contributed by atoms with E-state index in [1.165, 1.54) is 31.4 Å². The van der Waals surface area contributed by atoms with Gasteiger partial charge < -0.3 is 14.8 Å². The Kier molecular flexibility index (Phi) is 6.73. The van der Waals surface area contributed by atoms with E-state index in [9.17, 15) is 14.9 Å². The van der Waals surface area contributed by atoms with Crippen molar-refractivity contribution in [3.63, 3.8) is 0 Å². The highest BCUT2D eigenvalue weighted by atomic mass is 16.6. The molecule has 114 valence electrons. The van der Waals surface area contributed by atoms with E-state index in [1.54, 1.807) is 0 Å². The molecule has 21 heavy (non-hydrogen) atoms. The van der Waals surface area contributed by atoms with Crippen LogP contribution in [0.3, 0.4) is 0 Å². The second kappa shape index (κ2) is 8.57. The number of ether oxygens (including phenoxy) is 2. The molecule has 7 nitrogen and oxygen atoms in total. The quantitative estimate of drug-likeness (QED) is 0.326. The van der Waals surface area contributed by atoms with E-state index < -0.39 is 4.92 Å². The third-order valence-electron chi connectivity index (χ3n) is 2.67. The van der Waals surface area contributed by atoms with Crippen LogP contribution in [-0.2, 0) is 4.79 Å². The summed E-state index contributed by atoms with van der Waals surface area (Å²) in [7, 11) is 1.47. The first-order chi connectivity index (χ1) is 10.1. The van der Waals surface area contributed by atoms with Crippen LogP contribution >= 0.6 is 0 Å². The highest BCUT2D eigenvalue weighted by molar-refractivity contribution is 5.86. The summed E-state index contributed by atoms with van der Waals surface area (Å²) in [5.74, 6) is 0.568. The van der Waals surface area contributed by atoms with E-state index in [2.05, 4.69) is 11.9 Å². The normalized spacial score (nSPS) is 9.76. The van der Waals surface area contributed by atoms with Gasteiger partial charge in [0.05, 0.1) is 24.7 Å². The molecule has 0 fully saturated rings. The number of methoxy groups -OCH3 is 1. The van der Waals surface area contributed by atoms with Gasteiger partial charge in [-0.25, -0.2) is 0 Å². The van der Waals surface area contributed by atoms with Crippen LogP contribution in [0.5, 0.6) is 11.5 Å². The number of hydrogen-bond acceptors (Lipinski definition) is 5. The van der Waals surface area contributed by atoms with Crippen LogP contribution in [0, 0.1) is 10.1 Å². The van der Waals surface area contributed by atoms with Crippen molar-refractivity contribution in [3.05, 3.63) is 41.0 Å². The number of amides is 1. The Hall–Kier alpha value is -2.57. The van der Waals surface area contributed by atoms with Gasteiger partial charge in [0.15, 0.2) is 11.5 Å². The third kappa shape index (κ3) is 5.52. The molecule has 1 aromatic carbocycles. The van der Waals surface area contributed by atoms with E-state index in [0.717, 1.165) is 6.42 Å². The van der Waals surface area contributed by atoms with Crippen molar-refractivity contribution in [3.8, 4) is 11.5 Å². The number of carbonyl (C=O) groups excluding carboxylic acids is 1. The van der Waals surface area contributed by atoms with Crippen LogP contribution in [0.4, 0.5) is 5.69 Å². The van der Waals surface area contributed by atoms with Crippen molar-refractivity contribution < 1.29 is 19.2 Å². The number of nitro groups is 1. The molecule has 0 unspecified atom stereocenters. The van der Waals surface area contributed by atoms with Crippen LogP contribution in [-0.4, -0.2) is 31.1 Å². The molecule has 0 saturated heterocycles. The smallest absolute Gasteiger partial charge is 0.273 e. The Morgan fingerprint density at radius 3 is 2.81 bits per heavy atom. The first-order valence-electron chi connectivity index (χ1n) is 6.44. The van der Waals surface area contributed by atoms with Crippen LogP contribution in [0.25, 0.3) is 0 Å². The number of benzene rings is 1. The zero-order chi connectivity index (χ0) is 15.7. The summed E-state index contributed by atoms with van der Waals surface area (Å²) in [5, 5.41) is 13.4. The first kappa shape index (κ1) is 16.5. The maximum absolute atomic E-state index is 10.9. The van der Waals surface area contributed by atoms with E-state index in [4.69, 9.17) is 9.47 Å². The number of nitro benzene ring substituents is 1. The Balaban J connectivity index is 2.43. The van der Waals surface area contributed by atoms with Gasteiger partial charge in [-0.05, 0) is 25.0 Å². The summed E-state index contributed by atoms with van der Waals surface area (Å²) < 4.78 is 10.6. The number of nitrogens with one attached hydrogen (secondary N) is 1. The molecule has 0 spiro atoms. The molecule has 0 aliphatic heterocycles. The summed E-state index contributed by atoms with van der Waals surface area (Å²) >= 11 is 0. The van der Waals surface area contributed by atoms with Crippen LogP contribution in [0.2, 0.25) is 0 Å². The number of non-ortho nitro benzene ring substituents is 1. The molecule has 1 N–H and O–H groups in total. The minimum absolute atomic E-state index is 0.0518. The number of hydrogen-bond donors (Lipinski definition) is 1. The van der Waals surface area contributed by atoms with Gasteiger partial charge in [0.25, 0.3) is 5.69 Å². The van der Waals surface area contributed by atoms with Gasteiger partial charge in [0.1, 0.15) is 0 Å². The Labute approximate surface area is 122 Å².